The molecule has 0 aliphatic heterocycles. The van der Waals surface area contributed by atoms with Crippen molar-refractivity contribution in [3.05, 3.63) is 97.3 Å². The van der Waals surface area contributed by atoms with Crippen molar-refractivity contribution in [1.29, 1.82) is 0 Å². The molecular formula is C26H24N4O4S. The molecule has 1 amide bonds. The average Bonchev–Trinajstić information content (AvgIpc) is 2.82. The highest BCUT2D eigenvalue weighted by Gasteiger charge is 2.21. The van der Waals surface area contributed by atoms with Gasteiger partial charge in [-0.1, -0.05) is 42.1 Å². The standard InChI is InChI=1S/C26H24N4O4S/c1-15-9-10-17(3)22(13-15)29-25(32)19-7-5-6-8-20(19)27-26(29)35-14-23(31)28-24-18(4)16(2)11-12-21(24)30(33)34/h5-13H,14H2,1-4H3,(H,28,31). The van der Waals surface area contributed by atoms with Gasteiger partial charge >= 0.3 is 0 Å². The van der Waals surface area contributed by atoms with E-state index in [0.717, 1.165) is 28.5 Å². The lowest BCUT2D eigenvalue weighted by molar-refractivity contribution is -0.384. The number of benzene rings is 3. The van der Waals surface area contributed by atoms with Gasteiger partial charge in [-0.15, -0.1) is 0 Å². The minimum Gasteiger partial charge on any atom is -0.319 e. The van der Waals surface area contributed by atoms with E-state index < -0.39 is 10.8 Å². The number of fused-ring (bicyclic) bond motifs is 1. The van der Waals surface area contributed by atoms with Crippen LogP contribution in [-0.2, 0) is 4.79 Å². The van der Waals surface area contributed by atoms with Gasteiger partial charge in [0.1, 0.15) is 5.69 Å². The van der Waals surface area contributed by atoms with Gasteiger partial charge in [-0.25, -0.2) is 4.98 Å². The Balaban J connectivity index is 1.72. The highest BCUT2D eigenvalue weighted by atomic mass is 32.2. The number of nitrogens with zero attached hydrogens (tertiary/aromatic N) is 3. The quantitative estimate of drug-likeness (QED) is 0.172. The number of aromatic nitrogens is 2. The number of nitro benzene ring substituents is 1. The molecule has 1 heterocycles. The molecule has 0 bridgehead atoms. The lowest BCUT2D eigenvalue weighted by atomic mass is 10.1. The van der Waals surface area contributed by atoms with Gasteiger partial charge in [-0.2, -0.15) is 0 Å². The highest BCUT2D eigenvalue weighted by Crippen LogP contribution is 2.31. The van der Waals surface area contributed by atoms with Crippen LogP contribution < -0.4 is 10.9 Å². The van der Waals surface area contributed by atoms with Crippen molar-refractivity contribution in [3.8, 4) is 5.69 Å². The van der Waals surface area contributed by atoms with Crippen molar-refractivity contribution in [1.82, 2.24) is 9.55 Å². The number of thioether (sulfide) groups is 1. The van der Waals surface area contributed by atoms with E-state index in [1.807, 2.05) is 39.0 Å². The second kappa shape index (κ2) is 9.71. The predicted molar refractivity (Wildman–Crippen MR) is 139 cm³/mol. The molecule has 178 valence electrons. The monoisotopic (exact) mass is 488 g/mol. The van der Waals surface area contributed by atoms with Crippen molar-refractivity contribution in [2.24, 2.45) is 0 Å². The van der Waals surface area contributed by atoms with Crippen LogP contribution in [0.4, 0.5) is 11.4 Å². The van der Waals surface area contributed by atoms with E-state index >= 15 is 0 Å². The van der Waals surface area contributed by atoms with Gasteiger partial charge in [0.2, 0.25) is 5.91 Å². The molecule has 9 heteroatoms. The van der Waals surface area contributed by atoms with Crippen LogP contribution in [-0.4, -0.2) is 26.1 Å². The number of anilines is 1. The fourth-order valence-electron chi connectivity index (χ4n) is 3.80. The third-order valence-electron chi connectivity index (χ3n) is 5.86. The SMILES string of the molecule is Cc1ccc(C)c(-n2c(SCC(=O)Nc3c([N+](=O)[O-])ccc(C)c3C)nc3ccccc3c2=O)c1. The first-order chi connectivity index (χ1) is 16.7. The molecule has 0 saturated heterocycles. The summed E-state index contributed by atoms with van der Waals surface area (Å²) in [4.78, 5) is 42.0. The Kier molecular flexibility index (Phi) is 6.70. The van der Waals surface area contributed by atoms with Crippen LogP contribution in [0, 0.1) is 37.8 Å². The Bertz CT molecular complexity index is 1540. The van der Waals surface area contributed by atoms with Crippen LogP contribution in [0.5, 0.6) is 0 Å². The van der Waals surface area contributed by atoms with E-state index in [1.165, 1.54) is 10.6 Å². The smallest absolute Gasteiger partial charge is 0.293 e. The van der Waals surface area contributed by atoms with Crippen molar-refractivity contribution in [2.45, 2.75) is 32.9 Å². The number of nitro groups is 1. The minimum absolute atomic E-state index is 0.0832. The minimum atomic E-state index is -0.516. The van der Waals surface area contributed by atoms with E-state index in [2.05, 4.69) is 10.3 Å². The summed E-state index contributed by atoms with van der Waals surface area (Å²) < 4.78 is 1.53. The summed E-state index contributed by atoms with van der Waals surface area (Å²) in [5, 5.41) is 15.0. The zero-order valence-corrected chi connectivity index (χ0v) is 20.6. The number of para-hydroxylation sites is 1. The summed E-state index contributed by atoms with van der Waals surface area (Å²) in [6.45, 7) is 7.41. The van der Waals surface area contributed by atoms with E-state index in [-0.39, 0.29) is 22.7 Å². The third-order valence-corrected chi connectivity index (χ3v) is 6.80. The Morgan fingerprint density at radius 3 is 2.51 bits per heavy atom. The number of hydrogen-bond donors (Lipinski definition) is 1. The Morgan fingerprint density at radius 2 is 1.77 bits per heavy atom. The topological polar surface area (TPSA) is 107 Å². The summed E-state index contributed by atoms with van der Waals surface area (Å²) in [6.07, 6.45) is 0. The highest BCUT2D eigenvalue weighted by molar-refractivity contribution is 7.99. The molecule has 4 aromatic rings. The normalized spacial score (nSPS) is 11.0. The van der Waals surface area contributed by atoms with Gasteiger partial charge in [0.25, 0.3) is 11.2 Å². The molecule has 0 saturated carbocycles. The molecule has 35 heavy (non-hydrogen) atoms. The molecule has 1 aromatic heterocycles. The van der Waals surface area contributed by atoms with Crippen molar-refractivity contribution in [2.75, 3.05) is 11.1 Å². The first-order valence-electron chi connectivity index (χ1n) is 10.9. The van der Waals surface area contributed by atoms with E-state index in [4.69, 9.17) is 0 Å². The maximum Gasteiger partial charge on any atom is 0.293 e. The van der Waals surface area contributed by atoms with Gasteiger partial charge < -0.3 is 5.32 Å². The third kappa shape index (κ3) is 4.81. The molecule has 0 unspecified atom stereocenters. The Morgan fingerprint density at radius 1 is 1.06 bits per heavy atom. The zero-order chi connectivity index (χ0) is 25.3. The number of aryl methyl sites for hydroxylation is 3. The van der Waals surface area contributed by atoms with Crippen molar-refractivity contribution in [3.63, 3.8) is 0 Å². The summed E-state index contributed by atoms with van der Waals surface area (Å²) in [5.41, 5.74) is 4.37. The van der Waals surface area contributed by atoms with Crippen LogP contribution in [0.3, 0.4) is 0 Å². The predicted octanol–water partition coefficient (Wildman–Crippen LogP) is 5.26. The van der Waals surface area contributed by atoms with Crippen molar-refractivity contribution < 1.29 is 9.72 Å². The summed E-state index contributed by atoms with van der Waals surface area (Å²) in [6, 6.07) is 15.9. The van der Waals surface area contributed by atoms with Crippen LogP contribution in [0.1, 0.15) is 22.3 Å². The molecule has 3 aromatic carbocycles. The van der Waals surface area contributed by atoms with Gasteiger partial charge in [0.05, 0.1) is 27.3 Å². The lowest BCUT2D eigenvalue weighted by Gasteiger charge is -2.16. The number of carbonyl (C=O) groups excluding carboxylic acids is 1. The first-order valence-corrected chi connectivity index (χ1v) is 11.9. The maximum atomic E-state index is 13.5. The average molecular weight is 489 g/mol. The molecule has 4 rings (SSSR count). The fraction of sp³-hybridized carbons (Fsp3) is 0.192. The molecule has 0 atom stereocenters. The fourth-order valence-corrected chi connectivity index (χ4v) is 4.60. The van der Waals surface area contributed by atoms with Gasteiger partial charge in [0, 0.05) is 6.07 Å². The molecule has 0 fully saturated rings. The van der Waals surface area contributed by atoms with Crippen molar-refractivity contribution >= 4 is 39.9 Å². The van der Waals surface area contributed by atoms with Crippen LogP contribution in [0.2, 0.25) is 0 Å². The van der Waals surface area contributed by atoms with Gasteiger partial charge in [0.15, 0.2) is 5.16 Å². The lowest BCUT2D eigenvalue weighted by Crippen LogP contribution is -2.24. The van der Waals surface area contributed by atoms with E-state index in [0.29, 0.717) is 27.3 Å². The number of amides is 1. The van der Waals surface area contributed by atoms with Crippen LogP contribution in [0.25, 0.3) is 16.6 Å². The van der Waals surface area contributed by atoms with Gasteiger partial charge in [-0.3, -0.25) is 24.3 Å². The second-order valence-corrected chi connectivity index (χ2v) is 9.28. The number of nitrogens with one attached hydrogen (secondary N) is 1. The molecule has 0 radical (unpaired) electrons. The molecule has 8 nitrogen and oxygen atoms in total. The summed E-state index contributed by atoms with van der Waals surface area (Å²) >= 11 is 1.11. The largest absolute Gasteiger partial charge is 0.319 e. The van der Waals surface area contributed by atoms with Gasteiger partial charge in [-0.05, 0) is 68.1 Å². The number of carbonyl (C=O) groups is 1. The summed E-state index contributed by atoms with van der Waals surface area (Å²) in [5.74, 6) is -0.512. The molecule has 0 aliphatic carbocycles. The molecule has 0 spiro atoms. The Hall–Kier alpha value is -3.98. The summed E-state index contributed by atoms with van der Waals surface area (Å²) in [7, 11) is 0. The molecule has 0 aliphatic rings. The second-order valence-electron chi connectivity index (χ2n) is 8.34. The first kappa shape index (κ1) is 24.2. The maximum absolute atomic E-state index is 13.5. The Labute approximate surface area is 206 Å². The number of hydrogen-bond acceptors (Lipinski definition) is 6. The van der Waals surface area contributed by atoms with E-state index in [9.17, 15) is 19.7 Å². The number of rotatable bonds is 6. The van der Waals surface area contributed by atoms with Crippen LogP contribution in [0.15, 0.2) is 64.5 Å². The van der Waals surface area contributed by atoms with Crippen LogP contribution >= 0.6 is 11.8 Å². The van der Waals surface area contributed by atoms with E-state index in [1.54, 1.807) is 37.3 Å². The zero-order valence-electron chi connectivity index (χ0n) is 19.8. The molecule has 1 N–H and O–H groups in total. The molecular weight excluding hydrogens is 464 g/mol.